The van der Waals surface area contributed by atoms with Crippen molar-refractivity contribution in [3.8, 4) is 0 Å². The van der Waals surface area contributed by atoms with Crippen LogP contribution in [0.3, 0.4) is 0 Å². The number of hydrogen-bond acceptors (Lipinski definition) is 2. The van der Waals surface area contributed by atoms with Gasteiger partial charge in [0.1, 0.15) is 0 Å². The summed E-state index contributed by atoms with van der Waals surface area (Å²) < 4.78 is 0. The first-order chi connectivity index (χ1) is 11.6. The molecule has 1 heterocycles. The Morgan fingerprint density at radius 3 is 2.32 bits per heavy atom. The van der Waals surface area contributed by atoms with Crippen LogP contribution in [0.1, 0.15) is 24.1 Å². The molecule has 0 spiro atoms. The fraction of sp³-hybridized carbons (Fsp3) is 0.316. The van der Waals surface area contributed by atoms with Crippen molar-refractivity contribution in [2.24, 2.45) is 11.8 Å². The molecule has 1 fully saturated rings. The third kappa shape index (κ3) is 4.68. The second kappa shape index (κ2) is 8.91. The van der Waals surface area contributed by atoms with Gasteiger partial charge < -0.3 is 10.6 Å². The molecule has 0 radical (unpaired) electrons. The first-order valence-corrected chi connectivity index (χ1v) is 8.83. The highest BCUT2D eigenvalue weighted by Crippen LogP contribution is 2.29. The Kier molecular flexibility index (Phi) is 7.14. The van der Waals surface area contributed by atoms with E-state index in [0.29, 0.717) is 16.0 Å². The van der Waals surface area contributed by atoms with E-state index in [1.54, 1.807) is 6.07 Å². The van der Waals surface area contributed by atoms with Crippen LogP contribution in [0, 0.1) is 11.8 Å². The second-order valence-corrected chi connectivity index (χ2v) is 7.05. The van der Waals surface area contributed by atoms with E-state index < -0.39 is 0 Å². The Morgan fingerprint density at radius 1 is 1.08 bits per heavy atom. The van der Waals surface area contributed by atoms with E-state index in [4.69, 9.17) is 23.2 Å². The molecule has 6 heteroatoms. The highest BCUT2D eigenvalue weighted by Gasteiger charge is 2.30. The number of halogens is 3. The van der Waals surface area contributed by atoms with Crippen LogP contribution in [0.4, 0.5) is 0 Å². The fourth-order valence-corrected chi connectivity index (χ4v) is 3.16. The van der Waals surface area contributed by atoms with E-state index in [2.05, 4.69) is 10.6 Å². The maximum Gasteiger partial charge on any atom is 0.223 e. The number of amides is 1. The van der Waals surface area contributed by atoms with Crippen molar-refractivity contribution in [3.05, 3.63) is 69.7 Å². The van der Waals surface area contributed by atoms with E-state index in [9.17, 15) is 4.79 Å². The largest absolute Gasteiger partial charge is 0.345 e. The van der Waals surface area contributed by atoms with Crippen molar-refractivity contribution in [1.82, 2.24) is 10.6 Å². The first kappa shape index (κ1) is 20.1. The van der Waals surface area contributed by atoms with Gasteiger partial charge in [0.25, 0.3) is 0 Å². The summed E-state index contributed by atoms with van der Waals surface area (Å²) in [4.78, 5) is 12.7. The van der Waals surface area contributed by atoms with Gasteiger partial charge in [-0.1, -0.05) is 66.5 Å². The Balaban J connectivity index is 0.00000225. The van der Waals surface area contributed by atoms with Crippen molar-refractivity contribution in [2.45, 2.75) is 13.0 Å². The van der Waals surface area contributed by atoms with Gasteiger partial charge in [-0.15, -0.1) is 12.4 Å². The SMILES string of the molecule is CC(C(=O)NC(c1ccccc1)c1ccc(Cl)c(Cl)c1)C1CNC1.Cl. The predicted octanol–water partition coefficient (Wildman–Crippen LogP) is 4.48. The van der Waals surface area contributed by atoms with Crippen molar-refractivity contribution >= 4 is 41.5 Å². The molecule has 1 amide bonds. The summed E-state index contributed by atoms with van der Waals surface area (Å²) in [5.41, 5.74) is 1.94. The maximum absolute atomic E-state index is 12.7. The van der Waals surface area contributed by atoms with Crippen LogP contribution in [-0.2, 0) is 4.79 Å². The van der Waals surface area contributed by atoms with E-state index in [1.807, 2.05) is 49.4 Å². The smallest absolute Gasteiger partial charge is 0.223 e. The molecule has 2 aromatic rings. The van der Waals surface area contributed by atoms with Gasteiger partial charge in [-0.25, -0.2) is 0 Å². The zero-order valence-electron chi connectivity index (χ0n) is 13.8. The van der Waals surface area contributed by atoms with Gasteiger partial charge in [-0.2, -0.15) is 0 Å². The minimum absolute atomic E-state index is 0. The van der Waals surface area contributed by atoms with Crippen molar-refractivity contribution in [1.29, 1.82) is 0 Å². The zero-order valence-corrected chi connectivity index (χ0v) is 16.2. The lowest BCUT2D eigenvalue weighted by Crippen LogP contribution is -2.50. The average molecular weight is 400 g/mol. The number of carbonyl (C=O) groups is 1. The standard InChI is InChI=1S/C19H20Cl2N2O.ClH/c1-12(15-10-22-11-15)19(24)23-18(13-5-3-2-4-6-13)14-7-8-16(20)17(21)9-14;/h2-9,12,15,18,22H,10-11H2,1H3,(H,23,24);1H. The van der Waals surface area contributed by atoms with Crippen LogP contribution in [-0.4, -0.2) is 19.0 Å². The van der Waals surface area contributed by atoms with Gasteiger partial charge in [0, 0.05) is 5.92 Å². The van der Waals surface area contributed by atoms with Crippen LogP contribution < -0.4 is 10.6 Å². The van der Waals surface area contributed by atoms with Crippen LogP contribution in [0.5, 0.6) is 0 Å². The molecule has 0 bridgehead atoms. The molecule has 134 valence electrons. The molecular weight excluding hydrogens is 379 g/mol. The molecular formula is C19H21Cl3N2O. The topological polar surface area (TPSA) is 41.1 Å². The molecule has 2 N–H and O–H groups in total. The maximum atomic E-state index is 12.7. The van der Waals surface area contributed by atoms with E-state index in [-0.39, 0.29) is 30.3 Å². The summed E-state index contributed by atoms with van der Waals surface area (Å²) in [6.07, 6.45) is 0. The summed E-state index contributed by atoms with van der Waals surface area (Å²) in [5.74, 6) is 0.428. The van der Waals surface area contributed by atoms with Gasteiger partial charge in [0.05, 0.1) is 16.1 Å². The predicted molar refractivity (Wildman–Crippen MR) is 106 cm³/mol. The molecule has 2 atom stereocenters. The van der Waals surface area contributed by atoms with Crippen LogP contribution in [0.2, 0.25) is 10.0 Å². The molecule has 1 aliphatic rings. The molecule has 3 rings (SSSR count). The van der Waals surface area contributed by atoms with Gasteiger partial charge >= 0.3 is 0 Å². The minimum Gasteiger partial charge on any atom is -0.345 e. The lowest BCUT2D eigenvalue weighted by molar-refractivity contribution is -0.127. The Morgan fingerprint density at radius 2 is 1.76 bits per heavy atom. The van der Waals surface area contributed by atoms with Crippen molar-refractivity contribution in [2.75, 3.05) is 13.1 Å². The average Bonchev–Trinajstić information content (AvgIpc) is 2.54. The second-order valence-electron chi connectivity index (χ2n) is 6.23. The number of hydrogen-bond donors (Lipinski definition) is 2. The Hall–Kier alpha value is -1.26. The molecule has 0 saturated carbocycles. The lowest BCUT2D eigenvalue weighted by atomic mass is 9.87. The van der Waals surface area contributed by atoms with Gasteiger partial charge in [0.2, 0.25) is 5.91 Å². The van der Waals surface area contributed by atoms with Crippen molar-refractivity contribution < 1.29 is 4.79 Å². The molecule has 0 aliphatic carbocycles. The Labute approximate surface area is 164 Å². The molecule has 25 heavy (non-hydrogen) atoms. The van der Waals surface area contributed by atoms with Crippen LogP contribution >= 0.6 is 35.6 Å². The first-order valence-electron chi connectivity index (χ1n) is 8.07. The number of rotatable bonds is 5. The summed E-state index contributed by atoms with van der Waals surface area (Å²) in [6.45, 7) is 3.78. The van der Waals surface area contributed by atoms with Gasteiger partial charge in [-0.3, -0.25) is 4.79 Å². The monoisotopic (exact) mass is 398 g/mol. The Bertz CT molecular complexity index is 720. The van der Waals surface area contributed by atoms with E-state index in [0.717, 1.165) is 24.2 Å². The molecule has 3 nitrogen and oxygen atoms in total. The minimum atomic E-state index is -0.246. The molecule has 2 unspecified atom stereocenters. The number of carbonyl (C=O) groups excluding carboxylic acids is 1. The number of benzene rings is 2. The van der Waals surface area contributed by atoms with Crippen LogP contribution in [0.25, 0.3) is 0 Å². The van der Waals surface area contributed by atoms with E-state index in [1.165, 1.54) is 0 Å². The van der Waals surface area contributed by atoms with Gasteiger partial charge in [0.15, 0.2) is 0 Å². The highest BCUT2D eigenvalue weighted by molar-refractivity contribution is 6.42. The quantitative estimate of drug-likeness (QED) is 0.778. The third-order valence-electron chi connectivity index (χ3n) is 4.63. The normalized spacial score (nSPS) is 16.3. The summed E-state index contributed by atoms with van der Waals surface area (Å²) in [7, 11) is 0. The molecule has 0 aromatic heterocycles. The zero-order chi connectivity index (χ0) is 17.1. The summed E-state index contributed by atoms with van der Waals surface area (Å²) in [5, 5.41) is 7.39. The van der Waals surface area contributed by atoms with E-state index >= 15 is 0 Å². The van der Waals surface area contributed by atoms with Crippen LogP contribution in [0.15, 0.2) is 48.5 Å². The molecule has 2 aromatic carbocycles. The summed E-state index contributed by atoms with van der Waals surface area (Å²) in [6, 6.07) is 15.1. The lowest BCUT2D eigenvalue weighted by Gasteiger charge is -2.33. The fourth-order valence-electron chi connectivity index (χ4n) is 2.85. The molecule has 1 aliphatic heterocycles. The number of nitrogens with one attached hydrogen (secondary N) is 2. The highest BCUT2D eigenvalue weighted by atomic mass is 35.5. The third-order valence-corrected chi connectivity index (χ3v) is 5.37. The summed E-state index contributed by atoms with van der Waals surface area (Å²) >= 11 is 12.2. The molecule has 1 saturated heterocycles. The van der Waals surface area contributed by atoms with Gasteiger partial charge in [-0.05, 0) is 42.3 Å². The van der Waals surface area contributed by atoms with Crippen molar-refractivity contribution in [3.63, 3.8) is 0 Å².